The highest BCUT2D eigenvalue weighted by Crippen LogP contribution is 2.21. The summed E-state index contributed by atoms with van der Waals surface area (Å²) in [7, 11) is 1.49. The Kier molecular flexibility index (Phi) is 2.52. The van der Waals surface area contributed by atoms with Crippen molar-refractivity contribution >= 4 is 11.5 Å². The van der Waals surface area contributed by atoms with E-state index in [1.165, 1.54) is 18.6 Å². The van der Waals surface area contributed by atoms with Crippen LogP contribution in [0.15, 0.2) is 0 Å². The second kappa shape index (κ2) is 3.42. The Morgan fingerprint density at radius 2 is 2.45 bits per heavy atom. The van der Waals surface area contributed by atoms with Crippen LogP contribution < -0.4 is 0 Å². The van der Waals surface area contributed by atoms with E-state index in [-0.39, 0.29) is 0 Å². The van der Waals surface area contributed by atoms with Gasteiger partial charge in [-0.3, -0.25) is 0 Å². The molecule has 0 saturated carbocycles. The molecule has 0 bridgehead atoms. The third kappa shape index (κ3) is 1.53. The molecule has 0 aliphatic heterocycles. The number of aryl methyl sites for hydroxylation is 1. The number of methoxy groups -OCH3 is 1. The normalized spacial score (nSPS) is 12.5. The fraction of sp³-hybridized carbons (Fsp3) is 0.500. The minimum absolute atomic E-state index is 0.519. The molecule has 1 unspecified atom stereocenters. The molecule has 0 amide bonds. The Morgan fingerprint density at radius 1 is 1.73 bits per heavy atom. The first-order valence-electron chi connectivity index (χ1n) is 3.01. The number of rotatable bonds is 2. The van der Waals surface area contributed by atoms with Crippen molar-refractivity contribution < 1.29 is 4.74 Å². The molecule has 0 spiro atoms. The summed E-state index contributed by atoms with van der Waals surface area (Å²) in [5.41, 5.74) is 0.767. The number of ether oxygens (including phenoxy) is 1. The monoisotopic (exact) mass is 169 g/mol. The van der Waals surface area contributed by atoms with E-state index >= 15 is 0 Å². The molecule has 0 radical (unpaired) electrons. The molecule has 0 aliphatic rings. The maximum Gasteiger partial charge on any atom is 0.181 e. The molecule has 0 aliphatic carbocycles. The van der Waals surface area contributed by atoms with Gasteiger partial charge < -0.3 is 4.74 Å². The molecule has 1 aromatic rings. The summed E-state index contributed by atoms with van der Waals surface area (Å²) in [6, 6.07) is 2.00. The van der Waals surface area contributed by atoms with Gasteiger partial charge in [-0.05, 0) is 18.5 Å². The summed E-state index contributed by atoms with van der Waals surface area (Å²) in [4.78, 5) is 0.787. The van der Waals surface area contributed by atoms with E-state index in [0.717, 1.165) is 10.6 Å². The zero-order chi connectivity index (χ0) is 8.27. The largest absolute Gasteiger partial charge is 0.361 e. The van der Waals surface area contributed by atoms with Crippen LogP contribution in [-0.2, 0) is 4.74 Å². The van der Waals surface area contributed by atoms with Gasteiger partial charge in [-0.15, -0.1) is 5.10 Å². The zero-order valence-electron chi connectivity index (χ0n) is 6.24. The highest BCUT2D eigenvalue weighted by atomic mass is 32.1. The van der Waals surface area contributed by atoms with Gasteiger partial charge in [-0.25, -0.2) is 0 Å². The smallest absolute Gasteiger partial charge is 0.181 e. The van der Waals surface area contributed by atoms with Gasteiger partial charge in [0.05, 0.1) is 10.6 Å². The molecular weight excluding hydrogens is 162 g/mol. The predicted octanol–water partition coefficient (Wildman–Crippen LogP) is 1.06. The summed E-state index contributed by atoms with van der Waals surface area (Å²) < 4.78 is 8.59. The SMILES string of the molecule is COC(C#N)c1snnc1C. The van der Waals surface area contributed by atoms with Crippen LogP contribution in [0.2, 0.25) is 0 Å². The van der Waals surface area contributed by atoms with Crippen molar-refractivity contribution in [2.45, 2.75) is 13.0 Å². The van der Waals surface area contributed by atoms with Crippen LogP contribution in [0.4, 0.5) is 0 Å². The van der Waals surface area contributed by atoms with Gasteiger partial charge in [0, 0.05) is 7.11 Å². The molecule has 1 heterocycles. The van der Waals surface area contributed by atoms with Crippen molar-refractivity contribution in [1.82, 2.24) is 9.59 Å². The Balaban J connectivity index is 2.92. The maximum absolute atomic E-state index is 8.60. The lowest BCUT2D eigenvalue weighted by Gasteiger charge is -2.01. The average molecular weight is 169 g/mol. The molecule has 0 saturated heterocycles. The van der Waals surface area contributed by atoms with Crippen LogP contribution in [0.25, 0.3) is 0 Å². The van der Waals surface area contributed by atoms with E-state index in [2.05, 4.69) is 9.59 Å². The van der Waals surface area contributed by atoms with Gasteiger partial charge in [-0.1, -0.05) is 4.49 Å². The second-order valence-corrected chi connectivity index (χ2v) is 2.75. The van der Waals surface area contributed by atoms with Crippen LogP contribution in [-0.4, -0.2) is 16.7 Å². The summed E-state index contributed by atoms with van der Waals surface area (Å²) in [5, 5.41) is 12.4. The van der Waals surface area contributed by atoms with Crippen molar-refractivity contribution in [3.05, 3.63) is 10.6 Å². The zero-order valence-corrected chi connectivity index (χ0v) is 7.05. The summed E-state index contributed by atoms with van der Waals surface area (Å²) >= 11 is 1.20. The molecule has 1 atom stereocenters. The number of hydrogen-bond acceptors (Lipinski definition) is 5. The molecule has 0 N–H and O–H groups in total. The quantitative estimate of drug-likeness (QED) is 0.664. The fourth-order valence-electron chi connectivity index (χ4n) is 0.697. The maximum atomic E-state index is 8.60. The predicted molar refractivity (Wildman–Crippen MR) is 40.0 cm³/mol. The van der Waals surface area contributed by atoms with Gasteiger partial charge in [0.1, 0.15) is 6.07 Å². The average Bonchev–Trinajstić information content (AvgIpc) is 2.40. The molecule has 1 aromatic heterocycles. The summed E-state index contributed by atoms with van der Waals surface area (Å²) in [5.74, 6) is 0. The third-order valence-corrected chi connectivity index (χ3v) is 2.15. The van der Waals surface area contributed by atoms with E-state index in [1.54, 1.807) is 0 Å². The minimum Gasteiger partial charge on any atom is -0.361 e. The molecule has 0 aromatic carbocycles. The number of aromatic nitrogens is 2. The fourth-order valence-corrected chi connectivity index (χ4v) is 1.37. The van der Waals surface area contributed by atoms with E-state index in [9.17, 15) is 0 Å². The van der Waals surface area contributed by atoms with Crippen LogP contribution in [0.1, 0.15) is 16.7 Å². The van der Waals surface area contributed by atoms with E-state index in [1.807, 2.05) is 13.0 Å². The number of nitrogens with zero attached hydrogens (tertiary/aromatic N) is 3. The van der Waals surface area contributed by atoms with Crippen molar-refractivity contribution in [3.8, 4) is 6.07 Å². The number of hydrogen-bond donors (Lipinski definition) is 0. The lowest BCUT2D eigenvalue weighted by atomic mass is 10.3. The standard InChI is InChI=1S/C6H7N3OS/c1-4-6(11-9-8-4)5(3-7)10-2/h5H,1-2H3. The third-order valence-electron chi connectivity index (χ3n) is 1.28. The Labute approximate surface area is 68.6 Å². The van der Waals surface area contributed by atoms with Crippen LogP contribution in [0, 0.1) is 18.3 Å². The van der Waals surface area contributed by atoms with Crippen LogP contribution in [0.3, 0.4) is 0 Å². The van der Waals surface area contributed by atoms with Crippen molar-refractivity contribution in [2.75, 3.05) is 7.11 Å². The van der Waals surface area contributed by atoms with E-state index in [4.69, 9.17) is 10.00 Å². The lowest BCUT2D eigenvalue weighted by molar-refractivity contribution is 0.151. The molecule has 58 valence electrons. The summed E-state index contributed by atoms with van der Waals surface area (Å²) in [6.07, 6.45) is -0.519. The first-order valence-corrected chi connectivity index (χ1v) is 3.78. The Morgan fingerprint density at radius 3 is 2.82 bits per heavy atom. The number of nitriles is 1. The molecule has 4 nitrogen and oxygen atoms in total. The van der Waals surface area contributed by atoms with Crippen LogP contribution in [0.5, 0.6) is 0 Å². The molecule has 5 heteroatoms. The topological polar surface area (TPSA) is 58.8 Å². The second-order valence-electron chi connectivity index (χ2n) is 1.97. The minimum atomic E-state index is -0.519. The molecule has 11 heavy (non-hydrogen) atoms. The lowest BCUT2D eigenvalue weighted by Crippen LogP contribution is -1.96. The summed E-state index contributed by atoms with van der Waals surface area (Å²) in [6.45, 7) is 1.81. The Hall–Kier alpha value is -0.990. The van der Waals surface area contributed by atoms with Crippen molar-refractivity contribution in [2.24, 2.45) is 0 Å². The first kappa shape index (κ1) is 8.11. The van der Waals surface area contributed by atoms with Gasteiger partial charge in [-0.2, -0.15) is 5.26 Å². The Bertz CT molecular complexity index is 278. The van der Waals surface area contributed by atoms with Gasteiger partial charge in [0.2, 0.25) is 0 Å². The molecule has 1 rings (SSSR count). The molecular formula is C6H7N3OS. The van der Waals surface area contributed by atoms with E-state index < -0.39 is 6.10 Å². The van der Waals surface area contributed by atoms with Crippen molar-refractivity contribution in [1.29, 1.82) is 5.26 Å². The van der Waals surface area contributed by atoms with Gasteiger partial charge >= 0.3 is 0 Å². The highest BCUT2D eigenvalue weighted by Gasteiger charge is 2.14. The molecule has 0 fully saturated rings. The first-order chi connectivity index (χ1) is 5.29. The van der Waals surface area contributed by atoms with Crippen LogP contribution >= 0.6 is 11.5 Å². The van der Waals surface area contributed by atoms with Gasteiger partial charge in [0.25, 0.3) is 0 Å². The highest BCUT2D eigenvalue weighted by molar-refractivity contribution is 7.05. The van der Waals surface area contributed by atoms with Gasteiger partial charge in [0.15, 0.2) is 6.10 Å². The van der Waals surface area contributed by atoms with Crippen molar-refractivity contribution in [3.63, 3.8) is 0 Å². The van der Waals surface area contributed by atoms with E-state index in [0.29, 0.717) is 0 Å².